The van der Waals surface area contributed by atoms with Gasteiger partial charge in [0.25, 0.3) is 0 Å². The standard InChI is InChI=1S/C12H22O3/c1-5-12(9-10(13)14-4)8-6-7-11(2,3)15-12/h5-9H2,1-4H3/p+1. The van der Waals surface area contributed by atoms with Crippen LogP contribution in [-0.4, -0.2) is 24.3 Å². The summed E-state index contributed by atoms with van der Waals surface area (Å²) in [6.45, 7) is 6.26. The van der Waals surface area contributed by atoms with E-state index in [0.717, 1.165) is 25.7 Å². The summed E-state index contributed by atoms with van der Waals surface area (Å²) in [5, 5.41) is 0. The monoisotopic (exact) mass is 215 g/mol. The molecular formula is C12H23O3+. The van der Waals surface area contributed by atoms with Gasteiger partial charge in [0.05, 0.1) is 24.7 Å². The molecule has 0 bridgehead atoms. The van der Waals surface area contributed by atoms with Crippen molar-refractivity contribution in [2.24, 2.45) is 0 Å². The second kappa shape index (κ2) is 4.52. The maximum atomic E-state index is 11.4. The maximum Gasteiger partial charge on any atom is 1.00 e. The Kier molecular flexibility index (Phi) is 3.77. The first-order chi connectivity index (χ1) is 6.93. The van der Waals surface area contributed by atoms with Gasteiger partial charge in [0.1, 0.15) is 0 Å². The van der Waals surface area contributed by atoms with Gasteiger partial charge in [-0.15, -0.1) is 0 Å². The van der Waals surface area contributed by atoms with Crippen molar-refractivity contribution in [1.82, 2.24) is 0 Å². The Bertz CT molecular complexity index is 240. The molecule has 1 saturated heterocycles. The summed E-state index contributed by atoms with van der Waals surface area (Å²) >= 11 is 0. The lowest BCUT2D eigenvalue weighted by atomic mass is 9.83. The van der Waals surface area contributed by atoms with Gasteiger partial charge in [0.15, 0.2) is 0 Å². The van der Waals surface area contributed by atoms with E-state index >= 15 is 0 Å². The van der Waals surface area contributed by atoms with Gasteiger partial charge in [0.2, 0.25) is 0 Å². The maximum absolute atomic E-state index is 11.4. The Hall–Kier alpha value is -0.570. The number of ether oxygens (including phenoxy) is 2. The predicted octanol–water partition coefficient (Wildman–Crippen LogP) is 2.79. The molecule has 1 heterocycles. The fraction of sp³-hybridized carbons (Fsp3) is 0.917. The summed E-state index contributed by atoms with van der Waals surface area (Å²) < 4.78 is 10.8. The third kappa shape index (κ3) is 3.20. The number of carbonyl (C=O) groups excluding carboxylic acids is 1. The van der Waals surface area contributed by atoms with E-state index in [4.69, 9.17) is 9.47 Å². The van der Waals surface area contributed by atoms with Crippen molar-refractivity contribution >= 4 is 5.97 Å². The molecule has 88 valence electrons. The largest absolute Gasteiger partial charge is 1.00 e. The molecule has 1 fully saturated rings. The molecule has 1 unspecified atom stereocenters. The second-order valence-electron chi connectivity index (χ2n) is 5.00. The Balaban J connectivity index is 0.00000225. The van der Waals surface area contributed by atoms with Crippen molar-refractivity contribution < 1.29 is 15.7 Å². The van der Waals surface area contributed by atoms with Gasteiger partial charge in [-0.05, 0) is 39.5 Å². The van der Waals surface area contributed by atoms with Crippen molar-refractivity contribution in [2.75, 3.05) is 7.11 Å². The van der Waals surface area contributed by atoms with E-state index in [-0.39, 0.29) is 18.6 Å². The van der Waals surface area contributed by atoms with Gasteiger partial charge in [0, 0.05) is 0 Å². The van der Waals surface area contributed by atoms with Crippen molar-refractivity contribution in [3.8, 4) is 0 Å². The fourth-order valence-electron chi connectivity index (χ4n) is 2.36. The molecule has 3 nitrogen and oxygen atoms in total. The van der Waals surface area contributed by atoms with E-state index in [2.05, 4.69) is 20.8 Å². The molecular weight excluding hydrogens is 192 g/mol. The number of rotatable bonds is 3. The van der Waals surface area contributed by atoms with Crippen LogP contribution in [0.3, 0.4) is 0 Å². The van der Waals surface area contributed by atoms with E-state index in [1.165, 1.54) is 7.11 Å². The molecule has 0 aliphatic carbocycles. The molecule has 0 radical (unpaired) electrons. The molecule has 0 spiro atoms. The Morgan fingerprint density at radius 1 is 1.47 bits per heavy atom. The van der Waals surface area contributed by atoms with E-state index in [1.54, 1.807) is 0 Å². The molecule has 15 heavy (non-hydrogen) atoms. The van der Waals surface area contributed by atoms with Gasteiger partial charge >= 0.3 is 7.40 Å². The van der Waals surface area contributed by atoms with Crippen LogP contribution in [-0.2, 0) is 14.3 Å². The lowest BCUT2D eigenvalue weighted by molar-refractivity contribution is -0.188. The number of methoxy groups -OCH3 is 1. The SMILES string of the molecule is CCC1(CC(=O)OC)CCCC(C)(C)O1.[H+]. The third-order valence-electron chi connectivity index (χ3n) is 3.24. The third-order valence-corrected chi connectivity index (χ3v) is 3.24. The minimum atomic E-state index is -0.297. The molecule has 0 amide bonds. The molecule has 0 aromatic rings. The highest BCUT2D eigenvalue weighted by atomic mass is 16.5. The molecule has 3 heteroatoms. The highest BCUT2D eigenvalue weighted by molar-refractivity contribution is 5.70. The van der Waals surface area contributed by atoms with E-state index in [1.807, 2.05) is 0 Å². The zero-order valence-electron chi connectivity index (χ0n) is 11.3. The van der Waals surface area contributed by atoms with E-state index in [9.17, 15) is 4.79 Å². The van der Waals surface area contributed by atoms with Crippen molar-refractivity contribution in [3.63, 3.8) is 0 Å². The molecule has 1 aliphatic heterocycles. The van der Waals surface area contributed by atoms with Crippen LogP contribution in [0.5, 0.6) is 0 Å². The van der Waals surface area contributed by atoms with Crippen LogP contribution in [0.1, 0.15) is 54.3 Å². The quantitative estimate of drug-likeness (QED) is 0.679. The van der Waals surface area contributed by atoms with E-state index in [0.29, 0.717) is 6.42 Å². The Labute approximate surface area is 93.6 Å². The van der Waals surface area contributed by atoms with Crippen LogP contribution in [0.4, 0.5) is 0 Å². The normalized spacial score (nSPS) is 29.9. The second-order valence-corrected chi connectivity index (χ2v) is 5.00. The lowest BCUT2D eigenvalue weighted by Crippen LogP contribution is -2.46. The molecule has 0 aromatic carbocycles. The lowest BCUT2D eigenvalue weighted by Gasteiger charge is -2.44. The van der Waals surface area contributed by atoms with Gasteiger partial charge in [-0.2, -0.15) is 0 Å². The first kappa shape index (κ1) is 12.5. The zero-order chi connectivity index (χ0) is 11.5. The summed E-state index contributed by atoms with van der Waals surface area (Å²) in [5.41, 5.74) is -0.406. The minimum absolute atomic E-state index is 0. The number of carbonyl (C=O) groups is 1. The smallest absolute Gasteiger partial charge is 0.469 e. The van der Waals surface area contributed by atoms with Gasteiger partial charge < -0.3 is 9.47 Å². The van der Waals surface area contributed by atoms with Crippen molar-refractivity contribution in [1.29, 1.82) is 0 Å². The zero-order valence-corrected chi connectivity index (χ0v) is 10.3. The topological polar surface area (TPSA) is 35.5 Å². The van der Waals surface area contributed by atoms with Crippen LogP contribution in [0, 0.1) is 0 Å². The average molecular weight is 215 g/mol. The average Bonchev–Trinajstić information content (AvgIpc) is 2.16. The van der Waals surface area contributed by atoms with E-state index < -0.39 is 0 Å². The fourth-order valence-corrected chi connectivity index (χ4v) is 2.36. The van der Waals surface area contributed by atoms with Gasteiger partial charge in [-0.1, -0.05) is 6.92 Å². The van der Waals surface area contributed by atoms with Gasteiger partial charge in [-0.25, -0.2) is 0 Å². The highest BCUT2D eigenvalue weighted by Gasteiger charge is 2.41. The first-order valence-corrected chi connectivity index (χ1v) is 5.70. The first-order valence-electron chi connectivity index (χ1n) is 5.70. The molecule has 0 aromatic heterocycles. The number of hydrogen-bond acceptors (Lipinski definition) is 3. The molecule has 1 atom stereocenters. The number of hydrogen-bond donors (Lipinski definition) is 0. The van der Waals surface area contributed by atoms with Crippen LogP contribution >= 0.6 is 0 Å². The summed E-state index contributed by atoms with van der Waals surface area (Å²) in [7, 11) is 1.43. The summed E-state index contributed by atoms with van der Waals surface area (Å²) in [6, 6.07) is 0. The van der Waals surface area contributed by atoms with Gasteiger partial charge in [-0.3, -0.25) is 4.79 Å². The Morgan fingerprint density at radius 3 is 2.60 bits per heavy atom. The molecule has 0 N–H and O–H groups in total. The van der Waals surface area contributed by atoms with Crippen molar-refractivity contribution in [2.45, 2.75) is 64.1 Å². The molecule has 1 rings (SSSR count). The summed E-state index contributed by atoms with van der Waals surface area (Å²) in [4.78, 5) is 11.4. The number of esters is 1. The highest BCUT2D eigenvalue weighted by Crippen LogP contribution is 2.39. The summed E-state index contributed by atoms with van der Waals surface area (Å²) in [6.07, 6.45) is 4.39. The van der Waals surface area contributed by atoms with Crippen molar-refractivity contribution in [3.05, 3.63) is 0 Å². The predicted molar refractivity (Wildman–Crippen MR) is 59.8 cm³/mol. The van der Waals surface area contributed by atoms with Crippen LogP contribution in [0.25, 0.3) is 0 Å². The molecule has 0 saturated carbocycles. The minimum Gasteiger partial charge on any atom is -0.469 e. The van der Waals surface area contributed by atoms with Crippen LogP contribution in [0.2, 0.25) is 0 Å². The summed E-state index contributed by atoms with van der Waals surface area (Å²) in [5.74, 6) is -0.172. The molecule has 1 aliphatic rings. The van der Waals surface area contributed by atoms with Crippen LogP contribution < -0.4 is 0 Å². The van der Waals surface area contributed by atoms with Crippen LogP contribution in [0.15, 0.2) is 0 Å². The Morgan fingerprint density at radius 2 is 2.13 bits per heavy atom.